The molecule has 1 aromatic carbocycles. The summed E-state index contributed by atoms with van der Waals surface area (Å²) in [6.45, 7) is 1.62. The third-order valence-electron chi connectivity index (χ3n) is 5.74. The van der Waals surface area contributed by atoms with Gasteiger partial charge < -0.3 is 10.2 Å². The van der Waals surface area contributed by atoms with Crippen LogP contribution in [-0.2, 0) is 9.59 Å². The molecule has 1 aromatic heterocycles. The van der Waals surface area contributed by atoms with Crippen molar-refractivity contribution in [1.29, 1.82) is 5.26 Å². The lowest BCUT2D eigenvalue weighted by Crippen LogP contribution is -2.43. The molecule has 2 aliphatic heterocycles. The number of aromatic nitrogens is 1. The van der Waals surface area contributed by atoms with Crippen LogP contribution >= 0.6 is 11.8 Å². The Kier molecular flexibility index (Phi) is 7.23. The summed E-state index contributed by atoms with van der Waals surface area (Å²) in [5.74, 6) is -0.260. The minimum absolute atomic E-state index is 0.0885. The van der Waals surface area contributed by atoms with Crippen molar-refractivity contribution in [1.82, 2.24) is 15.2 Å². The smallest absolute Gasteiger partial charge is 0.293 e. The van der Waals surface area contributed by atoms with E-state index in [1.54, 1.807) is 18.2 Å². The van der Waals surface area contributed by atoms with Crippen molar-refractivity contribution < 1.29 is 18.8 Å². The van der Waals surface area contributed by atoms with Gasteiger partial charge in [0, 0.05) is 38.3 Å². The van der Waals surface area contributed by atoms with Crippen molar-refractivity contribution in [3.8, 4) is 6.07 Å². The lowest BCUT2D eigenvalue weighted by molar-refractivity contribution is -0.126. The number of carbonyl (C=O) groups is 3. The fourth-order valence-electron chi connectivity index (χ4n) is 3.85. The van der Waals surface area contributed by atoms with Gasteiger partial charge in [0.1, 0.15) is 17.7 Å². The molecule has 174 valence electrons. The van der Waals surface area contributed by atoms with E-state index in [9.17, 15) is 18.8 Å². The van der Waals surface area contributed by atoms with E-state index >= 15 is 0 Å². The number of piperidine rings is 1. The topological polar surface area (TPSA) is 106 Å². The van der Waals surface area contributed by atoms with Crippen molar-refractivity contribution in [2.75, 3.05) is 31.1 Å². The molecule has 2 saturated heterocycles. The number of nitriles is 1. The van der Waals surface area contributed by atoms with Crippen LogP contribution in [0.1, 0.15) is 24.0 Å². The number of imide groups is 1. The summed E-state index contributed by atoms with van der Waals surface area (Å²) in [5, 5.41) is 11.3. The van der Waals surface area contributed by atoms with E-state index in [0.717, 1.165) is 22.5 Å². The number of hydrogen-bond acceptors (Lipinski definition) is 7. The zero-order chi connectivity index (χ0) is 24.1. The summed E-state index contributed by atoms with van der Waals surface area (Å²) in [6, 6.07) is 11.2. The number of nitrogens with zero attached hydrogens (tertiary/aromatic N) is 4. The maximum Gasteiger partial charge on any atom is 0.293 e. The van der Waals surface area contributed by atoms with E-state index in [0.29, 0.717) is 37.1 Å². The molecule has 0 bridgehead atoms. The van der Waals surface area contributed by atoms with Gasteiger partial charge in [0.25, 0.3) is 11.1 Å². The fraction of sp³-hybridized carbons (Fsp3) is 0.292. The first-order valence-corrected chi connectivity index (χ1v) is 11.7. The van der Waals surface area contributed by atoms with Crippen molar-refractivity contribution >= 4 is 40.7 Å². The molecule has 10 heteroatoms. The molecule has 0 saturated carbocycles. The number of anilines is 1. The van der Waals surface area contributed by atoms with E-state index in [-0.39, 0.29) is 35.6 Å². The number of nitrogens with one attached hydrogen (secondary N) is 1. The number of carbonyl (C=O) groups excluding carboxylic acids is 3. The van der Waals surface area contributed by atoms with Crippen LogP contribution in [0.3, 0.4) is 0 Å². The molecule has 2 aromatic rings. The Morgan fingerprint density at radius 3 is 2.59 bits per heavy atom. The van der Waals surface area contributed by atoms with Crippen molar-refractivity contribution in [3.63, 3.8) is 0 Å². The minimum atomic E-state index is -0.420. The molecule has 34 heavy (non-hydrogen) atoms. The van der Waals surface area contributed by atoms with Gasteiger partial charge in [-0.3, -0.25) is 19.3 Å². The molecule has 0 aliphatic carbocycles. The monoisotopic (exact) mass is 479 g/mol. The normalized spacial score (nSPS) is 17.8. The van der Waals surface area contributed by atoms with E-state index in [2.05, 4.69) is 15.2 Å². The Morgan fingerprint density at radius 2 is 1.94 bits per heavy atom. The van der Waals surface area contributed by atoms with Crippen LogP contribution in [0.25, 0.3) is 6.08 Å². The first-order chi connectivity index (χ1) is 16.4. The Hall–Kier alpha value is -3.71. The third-order valence-corrected chi connectivity index (χ3v) is 6.65. The SMILES string of the molecule is N#Cc1ccc(N2CCC(C(=O)NCCN3C(=O)S/C(=C\c4ccc(F)cc4)C3=O)CC2)nc1. The van der Waals surface area contributed by atoms with Crippen LogP contribution in [-0.4, -0.2) is 53.1 Å². The maximum absolute atomic E-state index is 13.1. The number of pyridine rings is 1. The molecule has 4 rings (SSSR count). The van der Waals surface area contributed by atoms with Crippen LogP contribution in [0.5, 0.6) is 0 Å². The highest BCUT2D eigenvalue weighted by atomic mass is 32.2. The summed E-state index contributed by atoms with van der Waals surface area (Å²) in [7, 11) is 0. The predicted molar refractivity (Wildman–Crippen MR) is 126 cm³/mol. The molecular weight excluding hydrogens is 457 g/mol. The second-order valence-corrected chi connectivity index (χ2v) is 8.95. The molecule has 3 amide bonds. The van der Waals surface area contributed by atoms with Crippen LogP contribution in [0.4, 0.5) is 15.0 Å². The van der Waals surface area contributed by atoms with Crippen molar-refractivity contribution in [2.45, 2.75) is 12.8 Å². The molecular formula is C24H22FN5O3S. The van der Waals surface area contributed by atoms with Crippen LogP contribution in [0.15, 0.2) is 47.5 Å². The Bertz CT molecular complexity index is 1150. The Labute approximate surface area is 200 Å². The zero-order valence-electron chi connectivity index (χ0n) is 18.2. The van der Waals surface area contributed by atoms with Crippen LogP contribution in [0.2, 0.25) is 0 Å². The number of thioether (sulfide) groups is 1. The second kappa shape index (κ2) is 10.5. The lowest BCUT2D eigenvalue weighted by atomic mass is 9.96. The minimum Gasteiger partial charge on any atom is -0.357 e. The molecule has 8 nitrogen and oxygen atoms in total. The van der Waals surface area contributed by atoms with Gasteiger partial charge in [-0.15, -0.1) is 0 Å². The molecule has 0 atom stereocenters. The third kappa shape index (κ3) is 5.43. The second-order valence-electron chi connectivity index (χ2n) is 7.95. The van der Waals surface area contributed by atoms with E-state index < -0.39 is 11.1 Å². The molecule has 2 aliphatic rings. The summed E-state index contributed by atoms with van der Waals surface area (Å²) in [6.07, 6.45) is 4.41. The predicted octanol–water partition coefficient (Wildman–Crippen LogP) is 3.16. The molecule has 3 heterocycles. The summed E-state index contributed by atoms with van der Waals surface area (Å²) >= 11 is 0.831. The molecule has 0 unspecified atom stereocenters. The van der Waals surface area contributed by atoms with E-state index in [1.807, 2.05) is 6.07 Å². The van der Waals surface area contributed by atoms with Crippen molar-refractivity contribution in [3.05, 3.63) is 64.4 Å². The number of benzene rings is 1. The highest BCUT2D eigenvalue weighted by Gasteiger charge is 2.35. The quantitative estimate of drug-likeness (QED) is 0.635. The number of halogens is 1. The largest absolute Gasteiger partial charge is 0.357 e. The van der Waals surface area contributed by atoms with Gasteiger partial charge in [0.15, 0.2) is 0 Å². The van der Waals surface area contributed by atoms with Gasteiger partial charge in [-0.1, -0.05) is 12.1 Å². The highest BCUT2D eigenvalue weighted by Crippen LogP contribution is 2.32. The molecule has 1 N–H and O–H groups in total. The molecule has 0 spiro atoms. The first kappa shape index (κ1) is 23.4. The van der Waals surface area contributed by atoms with Gasteiger partial charge >= 0.3 is 0 Å². The molecule has 0 radical (unpaired) electrons. The maximum atomic E-state index is 13.1. The van der Waals surface area contributed by atoms with Gasteiger partial charge in [-0.2, -0.15) is 5.26 Å². The zero-order valence-corrected chi connectivity index (χ0v) is 19.1. The van der Waals surface area contributed by atoms with Crippen LogP contribution in [0, 0.1) is 23.1 Å². The Balaban J connectivity index is 1.24. The van der Waals surface area contributed by atoms with Gasteiger partial charge in [-0.25, -0.2) is 9.37 Å². The summed E-state index contributed by atoms with van der Waals surface area (Å²) in [4.78, 5) is 45.2. The Morgan fingerprint density at radius 1 is 1.21 bits per heavy atom. The van der Waals surface area contributed by atoms with E-state index in [4.69, 9.17) is 5.26 Å². The highest BCUT2D eigenvalue weighted by molar-refractivity contribution is 8.18. The standard InChI is InChI=1S/C24H22FN5O3S/c25-19-4-1-16(2-5-19)13-20-23(32)30(24(33)34-20)12-9-27-22(31)18-7-10-29(11-8-18)21-6-3-17(14-26)15-28-21/h1-6,13,15,18H,7-12H2,(H,27,31)/b20-13-. The number of hydrogen-bond donors (Lipinski definition) is 1. The van der Waals surface area contributed by atoms with Crippen molar-refractivity contribution in [2.24, 2.45) is 5.92 Å². The summed E-state index contributed by atoms with van der Waals surface area (Å²) < 4.78 is 13.1. The fourth-order valence-corrected chi connectivity index (χ4v) is 4.71. The van der Waals surface area contributed by atoms with Gasteiger partial charge in [0.05, 0.1) is 10.5 Å². The van der Waals surface area contributed by atoms with Crippen LogP contribution < -0.4 is 10.2 Å². The lowest BCUT2D eigenvalue weighted by Gasteiger charge is -2.32. The molecule has 2 fully saturated rings. The average molecular weight is 480 g/mol. The number of rotatable bonds is 6. The van der Waals surface area contributed by atoms with Gasteiger partial charge in [0.2, 0.25) is 5.91 Å². The summed E-state index contributed by atoms with van der Waals surface area (Å²) in [5.41, 5.74) is 1.13. The van der Waals surface area contributed by atoms with E-state index in [1.165, 1.54) is 30.5 Å². The number of amides is 3. The first-order valence-electron chi connectivity index (χ1n) is 10.8. The van der Waals surface area contributed by atoms with Gasteiger partial charge in [-0.05, 0) is 60.5 Å². The average Bonchev–Trinajstić information content (AvgIpc) is 3.12.